The van der Waals surface area contributed by atoms with E-state index in [2.05, 4.69) is 10.5 Å². The highest BCUT2D eigenvalue weighted by Gasteiger charge is 2.07. The van der Waals surface area contributed by atoms with Gasteiger partial charge in [-0.3, -0.25) is 4.79 Å². The number of carbonyl (C=O) groups is 1. The standard InChI is InChI=1S/C12H11N3O2S/c13-11(15-17)8-3-1-4-9(7-8)14-12(16)10-5-2-6-18-10/h1-7,17H,(H2,13,15)(H,14,16). The molecule has 4 N–H and O–H groups in total. The van der Waals surface area contributed by atoms with E-state index in [-0.39, 0.29) is 11.7 Å². The molecule has 2 rings (SSSR count). The zero-order valence-electron chi connectivity index (χ0n) is 9.33. The Morgan fingerprint density at radius 3 is 2.83 bits per heavy atom. The molecule has 2 aromatic rings. The summed E-state index contributed by atoms with van der Waals surface area (Å²) in [7, 11) is 0. The molecule has 1 aromatic heterocycles. The minimum atomic E-state index is -0.179. The minimum absolute atomic E-state index is 0.00206. The molecule has 1 aromatic carbocycles. The SMILES string of the molecule is N/C(=N/O)c1cccc(NC(=O)c2cccs2)c1. The second-order valence-electron chi connectivity index (χ2n) is 3.50. The van der Waals surface area contributed by atoms with Gasteiger partial charge in [-0.25, -0.2) is 0 Å². The molecule has 0 aliphatic rings. The van der Waals surface area contributed by atoms with Crippen molar-refractivity contribution in [3.8, 4) is 0 Å². The van der Waals surface area contributed by atoms with Crippen LogP contribution >= 0.6 is 11.3 Å². The molecule has 0 unspecified atom stereocenters. The number of nitrogens with one attached hydrogen (secondary N) is 1. The first-order valence-electron chi connectivity index (χ1n) is 5.13. The molecule has 6 heteroatoms. The third kappa shape index (κ3) is 2.67. The van der Waals surface area contributed by atoms with Gasteiger partial charge in [0.15, 0.2) is 5.84 Å². The van der Waals surface area contributed by atoms with E-state index in [0.29, 0.717) is 16.1 Å². The van der Waals surface area contributed by atoms with Crippen molar-refractivity contribution in [1.29, 1.82) is 0 Å². The quantitative estimate of drug-likeness (QED) is 0.342. The molecule has 0 fully saturated rings. The van der Waals surface area contributed by atoms with Crippen LogP contribution in [0.2, 0.25) is 0 Å². The lowest BCUT2D eigenvalue weighted by molar-refractivity contribution is 0.103. The van der Waals surface area contributed by atoms with Crippen molar-refractivity contribution in [2.24, 2.45) is 10.9 Å². The molecule has 0 atom stereocenters. The first-order chi connectivity index (χ1) is 8.70. The summed E-state index contributed by atoms with van der Waals surface area (Å²) in [5.41, 5.74) is 6.62. The fourth-order valence-electron chi connectivity index (χ4n) is 1.41. The van der Waals surface area contributed by atoms with Crippen LogP contribution in [0.4, 0.5) is 5.69 Å². The fourth-order valence-corrected chi connectivity index (χ4v) is 2.03. The molecule has 0 aliphatic carbocycles. The summed E-state index contributed by atoms with van der Waals surface area (Å²) < 4.78 is 0. The van der Waals surface area contributed by atoms with Crippen molar-refractivity contribution in [2.45, 2.75) is 0 Å². The van der Waals surface area contributed by atoms with Gasteiger partial charge in [0.25, 0.3) is 5.91 Å². The van der Waals surface area contributed by atoms with Crippen molar-refractivity contribution in [2.75, 3.05) is 5.32 Å². The van der Waals surface area contributed by atoms with Crippen LogP contribution in [-0.2, 0) is 0 Å². The zero-order chi connectivity index (χ0) is 13.0. The Hall–Kier alpha value is -2.34. The maximum Gasteiger partial charge on any atom is 0.265 e. The van der Waals surface area contributed by atoms with Crippen LogP contribution < -0.4 is 11.1 Å². The van der Waals surface area contributed by atoms with Gasteiger partial charge in [0.05, 0.1) is 4.88 Å². The molecule has 18 heavy (non-hydrogen) atoms. The largest absolute Gasteiger partial charge is 0.409 e. The van der Waals surface area contributed by atoms with Gasteiger partial charge in [-0.05, 0) is 23.6 Å². The summed E-state index contributed by atoms with van der Waals surface area (Å²) in [6.07, 6.45) is 0. The molecule has 5 nitrogen and oxygen atoms in total. The zero-order valence-corrected chi connectivity index (χ0v) is 10.1. The molecule has 92 valence electrons. The minimum Gasteiger partial charge on any atom is -0.409 e. The number of oxime groups is 1. The summed E-state index contributed by atoms with van der Waals surface area (Å²) in [6, 6.07) is 10.3. The summed E-state index contributed by atoms with van der Waals surface area (Å²) in [5, 5.41) is 16.1. The maximum absolute atomic E-state index is 11.8. The van der Waals surface area contributed by atoms with Gasteiger partial charge in [-0.2, -0.15) is 0 Å². The van der Waals surface area contributed by atoms with E-state index in [1.54, 1.807) is 30.3 Å². The van der Waals surface area contributed by atoms with E-state index < -0.39 is 0 Å². The smallest absolute Gasteiger partial charge is 0.265 e. The van der Waals surface area contributed by atoms with Crippen LogP contribution in [0, 0.1) is 0 Å². The summed E-state index contributed by atoms with van der Waals surface area (Å²) in [6.45, 7) is 0. The highest BCUT2D eigenvalue weighted by atomic mass is 32.1. The Morgan fingerprint density at radius 2 is 2.17 bits per heavy atom. The van der Waals surface area contributed by atoms with Crippen molar-refractivity contribution < 1.29 is 10.0 Å². The number of hydrogen-bond donors (Lipinski definition) is 3. The van der Waals surface area contributed by atoms with Crippen molar-refractivity contribution >= 4 is 28.8 Å². The lowest BCUT2D eigenvalue weighted by Gasteiger charge is -2.05. The third-order valence-electron chi connectivity index (χ3n) is 2.27. The van der Waals surface area contributed by atoms with Crippen LogP contribution in [0.15, 0.2) is 46.9 Å². The van der Waals surface area contributed by atoms with E-state index in [1.165, 1.54) is 11.3 Å². The van der Waals surface area contributed by atoms with Gasteiger partial charge >= 0.3 is 0 Å². The maximum atomic E-state index is 11.8. The molecular weight excluding hydrogens is 250 g/mol. The summed E-state index contributed by atoms with van der Waals surface area (Å²) in [4.78, 5) is 12.4. The van der Waals surface area contributed by atoms with Gasteiger partial charge < -0.3 is 16.3 Å². The summed E-state index contributed by atoms with van der Waals surface area (Å²) >= 11 is 1.36. The number of hydrogen-bond acceptors (Lipinski definition) is 4. The van der Waals surface area contributed by atoms with Crippen LogP contribution in [0.25, 0.3) is 0 Å². The Morgan fingerprint density at radius 1 is 1.33 bits per heavy atom. The number of amides is 1. The van der Waals surface area contributed by atoms with Crippen LogP contribution in [0.3, 0.4) is 0 Å². The molecule has 0 aliphatic heterocycles. The normalized spacial score (nSPS) is 11.2. The monoisotopic (exact) mass is 261 g/mol. The third-order valence-corrected chi connectivity index (χ3v) is 3.14. The number of rotatable bonds is 3. The molecule has 0 spiro atoms. The second-order valence-corrected chi connectivity index (χ2v) is 4.45. The number of anilines is 1. The van der Waals surface area contributed by atoms with Crippen molar-refractivity contribution in [1.82, 2.24) is 0 Å². The molecule has 0 saturated carbocycles. The second kappa shape index (κ2) is 5.33. The molecule has 0 saturated heterocycles. The number of nitrogens with two attached hydrogens (primary N) is 1. The van der Waals surface area contributed by atoms with Crippen molar-refractivity contribution in [3.63, 3.8) is 0 Å². The lowest BCUT2D eigenvalue weighted by atomic mass is 10.2. The van der Waals surface area contributed by atoms with Crippen molar-refractivity contribution in [3.05, 3.63) is 52.2 Å². The predicted molar refractivity (Wildman–Crippen MR) is 71.2 cm³/mol. The number of amidine groups is 1. The number of thiophene rings is 1. The average Bonchev–Trinajstić information content (AvgIpc) is 2.92. The number of benzene rings is 1. The Labute approximate surface area is 108 Å². The molecule has 1 heterocycles. The lowest BCUT2D eigenvalue weighted by Crippen LogP contribution is -2.14. The van der Waals surface area contributed by atoms with Crippen LogP contribution in [0.1, 0.15) is 15.2 Å². The van der Waals surface area contributed by atoms with Gasteiger partial charge in [-0.1, -0.05) is 23.4 Å². The molecule has 0 radical (unpaired) electrons. The first kappa shape index (κ1) is 12.1. The fraction of sp³-hybridized carbons (Fsp3) is 0. The Balaban J connectivity index is 2.17. The number of nitrogens with zero attached hydrogens (tertiary/aromatic N) is 1. The van der Waals surface area contributed by atoms with E-state index >= 15 is 0 Å². The van der Waals surface area contributed by atoms with E-state index in [0.717, 1.165) is 0 Å². The average molecular weight is 261 g/mol. The molecular formula is C12H11N3O2S. The van der Waals surface area contributed by atoms with E-state index in [1.807, 2.05) is 11.4 Å². The first-order valence-corrected chi connectivity index (χ1v) is 6.01. The Kier molecular flexibility index (Phi) is 3.59. The van der Waals surface area contributed by atoms with Gasteiger partial charge in [-0.15, -0.1) is 11.3 Å². The topological polar surface area (TPSA) is 87.7 Å². The Bertz CT molecular complexity index is 579. The predicted octanol–water partition coefficient (Wildman–Crippen LogP) is 2.09. The highest BCUT2D eigenvalue weighted by molar-refractivity contribution is 7.12. The van der Waals surface area contributed by atoms with E-state index in [4.69, 9.17) is 10.9 Å². The summed E-state index contributed by atoms with van der Waals surface area (Å²) in [5.74, 6) is -0.177. The molecule has 0 bridgehead atoms. The van der Waals surface area contributed by atoms with Gasteiger partial charge in [0, 0.05) is 11.3 Å². The van der Waals surface area contributed by atoms with Gasteiger partial charge in [0.2, 0.25) is 0 Å². The number of carbonyl (C=O) groups excluding carboxylic acids is 1. The van der Waals surface area contributed by atoms with Crippen LogP contribution in [0.5, 0.6) is 0 Å². The molecule has 1 amide bonds. The van der Waals surface area contributed by atoms with Crippen LogP contribution in [-0.4, -0.2) is 17.0 Å². The highest BCUT2D eigenvalue weighted by Crippen LogP contribution is 2.14. The van der Waals surface area contributed by atoms with E-state index in [9.17, 15) is 4.79 Å². The van der Waals surface area contributed by atoms with Gasteiger partial charge in [0.1, 0.15) is 0 Å².